The largest absolute Gasteiger partial charge is 0.480 e. The molecular formula is C18H17F2NO3. The van der Waals surface area contributed by atoms with Crippen LogP contribution in [-0.4, -0.2) is 35.0 Å². The molecule has 0 bridgehead atoms. The summed E-state index contributed by atoms with van der Waals surface area (Å²) >= 11 is 0. The number of aryl methyl sites for hydroxylation is 1. The van der Waals surface area contributed by atoms with Crippen molar-refractivity contribution in [3.8, 4) is 0 Å². The van der Waals surface area contributed by atoms with Crippen molar-refractivity contribution < 1.29 is 23.5 Å². The average Bonchev–Trinajstić information content (AvgIpc) is 2.55. The quantitative estimate of drug-likeness (QED) is 0.884. The molecule has 1 amide bonds. The average molecular weight is 333 g/mol. The van der Waals surface area contributed by atoms with Gasteiger partial charge in [-0.25, -0.2) is 8.78 Å². The molecular weight excluding hydrogens is 316 g/mol. The molecule has 0 saturated carbocycles. The lowest BCUT2D eigenvalue weighted by Gasteiger charge is -2.21. The third-order valence-electron chi connectivity index (χ3n) is 3.61. The molecule has 0 aliphatic heterocycles. The summed E-state index contributed by atoms with van der Waals surface area (Å²) in [6, 6.07) is 10.9. The summed E-state index contributed by atoms with van der Waals surface area (Å²) in [7, 11) is 0. The first-order valence-corrected chi connectivity index (χ1v) is 7.39. The molecule has 0 spiro atoms. The fraction of sp³-hybridized carbons (Fsp3) is 0.222. The van der Waals surface area contributed by atoms with E-state index in [1.165, 1.54) is 6.92 Å². The van der Waals surface area contributed by atoms with E-state index in [2.05, 4.69) is 0 Å². The summed E-state index contributed by atoms with van der Waals surface area (Å²) < 4.78 is 27.6. The van der Waals surface area contributed by atoms with Crippen LogP contribution >= 0.6 is 0 Å². The van der Waals surface area contributed by atoms with Gasteiger partial charge in [-0.2, -0.15) is 0 Å². The van der Waals surface area contributed by atoms with Crippen molar-refractivity contribution >= 4 is 11.9 Å². The zero-order valence-electron chi connectivity index (χ0n) is 13.1. The first-order chi connectivity index (χ1) is 11.4. The van der Waals surface area contributed by atoms with Gasteiger partial charge in [0.1, 0.15) is 18.2 Å². The molecule has 2 aromatic carbocycles. The molecule has 0 unspecified atom stereocenters. The molecule has 24 heavy (non-hydrogen) atoms. The van der Waals surface area contributed by atoms with Crippen molar-refractivity contribution in [1.82, 2.24) is 4.90 Å². The maximum atomic E-state index is 14.0. The molecule has 4 nitrogen and oxygen atoms in total. The summed E-state index contributed by atoms with van der Waals surface area (Å²) in [5.41, 5.74) is 0.529. The Hall–Kier alpha value is -2.76. The van der Waals surface area contributed by atoms with Crippen molar-refractivity contribution in [3.05, 3.63) is 70.8 Å². The van der Waals surface area contributed by atoms with Gasteiger partial charge in [-0.1, -0.05) is 30.3 Å². The number of carbonyl (C=O) groups excluding carboxylic acids is 1. The van der Waals surface area contributed by atoms with Crippen LogP contribution in [0.25, 0.3) is 0 Å². The molecule has 0 aromatic heterocycles. The lowest BCUT2D eigenvalue weighted by molar-refractivity contribution is -0.137. The highest BCUT2D eigenvalue weighted by atomic mass is 19.1. The van der Waals surface area contributed by atoms with E-state index in [4.69, 9.17) is 5.11 Å². The van der Waals surface area contributed by atoms with Gasteiger partial charge < -0.3 is 10.0 Å². The summed E-state index contributed by atoms with van der Waals surface area (Å²) in [4.78, 5) is 24.4. The van der Waals surface area contributed by atoms with Crippen LogP contribution in [0.1, 0.15) is 21.5 Å². The number of carboxylic acids is 1. The van der Waals surface area contributed by atoms with Crippen molar-refractivity contribution in [2.45, 2.75) is 13.3 Å². The zero-order valence-corrected chi connectivity index (χ0v) is 13.1. The van der Waals surface area contributed by atoms with Gasteiger partial charge in [0.2, 0.25) is 0 Å². The molecule has 0 aliphatic carbocycles. The van der Waals surface area contributed by atoms with E-state index in [0.717, 1.165) is 22.6 Å². The predicted octanol–water partition coefficient (Wildman–Crippen LogP) is 3.04. The summed E-state index contributed by atoms with van der Waals surface area (Å²) in [5.74, 6) is -3.64. The normalized spacial score (nSPS) is 10.5. The fourth-order valence-electron chi connectivity index (χ4n) is 2.30. The molecule has 0 radical (unpaired) electrons. The third kappa shape index (κ3) is 4.38. The molecule has 0 aliphatic rings. The minimum atomic E-state index is -1.22. The minimum absolute atomic E-state index is 0.0816. The van der Waals surface area contributed by atoms with E-state index in [1.807, 2.05) is 30.3 Å². The van der Waals surface area contributed by atoms with Crippen LogP contribution in [0.3, 0.4) is 0 Å². The van der Waals surface area contributed by atoms with E-state index < -0.39 is 35.6 Å². The Labute approximate surface area is 138 Å². The summed E-state index contributed by atoms with van der Waals surface area (Å²) in [6.45, 7) is 0.891. The highest BCUT2D eigenvalue weighted by Gasteiger charge is 2.22. The molecule has 0 fully saturated rings. The topological polar surface area (TPSA) is 57.6 Å². The third-order valence-corrected chi connectivity index (χ3v) is 3.61. The number of carbonyl (C=O) groups is 2. The highest BCUT2D eigenvalue weighted by molar-refractivity contribution is 5.96. The Balaban J connectivity index is 2.22. The van der Waals surface area contributed by atoms with Crippen LogP contribution in [0, 0.1) is 18.6 Å². The first kappa shape index (κ1) is 17.6. The van der Waals surface area contributed by atoms with Crippen molar-refractivity contribution in [1.29, 1.82) is 0 Å². The van der Waals surface area contributed by atoms with Gasteiger partial charge in [-0.15, -0.1) is 0 Å². The Bertz CT molecular complexity index is 747. The van der Waals surface area contributed by atoms with Crippen LogP contribution in [-0.2, 0) is 11.2 Å². The second-order valence-corrected chi connectivity index (χ2v) is 5.44. The molecule has 0 heterocycles. The smallest absolute Gasteiger partial charge is 0.323 e. The van der Waals surface area contributed by atoms with Crippen LogP contribution in [0.15, 0.2) is 42.5 Å². The lowest BCUT2D eigenvalue weighted by atomic mass is 10.1. The molecule has 2 rings (SSSR count). The van der Waals surface area contributed by atoms with Crippen LogP contribution in [0.4, 0.5) is 8.78 Å². The second-order valence-electron chi connectivity index (χ2n) is 5.44. The molecule has 2 aromatic rings. The SMILES string of the molecule is Cc1cc(F)c(C(=O)N(CCc2ccccc2)CC(=O)O)cc1F. The van der Waals surface area contributed by atoms with E-state index in [-0.39, 0.29) is 12.1 Å². The number of rotatable bonds is 6. The lowest BCUT2D eigenvalue weighted by Crippen LogP contribution is -2.37. The summed E-state index contributed by atoms with van der Waals surface area (Å²) in [6.07, 6.45) is 0.413. The molecule has 1 N–H and O–H groups in total. The van der Waals surface area contributed by atoms with Crippen molar-refractivity contribution in [2.75, 3.05) is 13.1 Å². The number of hydrogen-bond donors (Lipinski definition) is 1. The van der Waals surface area contributed by atoms with Gasteiger partial charge in [-0.3, -0.25) is 9.59 Å². The number of amides is 1. The van der Waals surface area contributed by atoms with Crippen LogP contribution in [0.2, 0.25) is 0 Å². The Morgan fingerprint density at radius 1 is 1.08 bits per heavy atom. The molecule has 6 heteroatoms. The minimum Gasteiger partial charge on any atom is -0.480 e. The number of halogens is 2. The van der Waals surface area contributed by atoms with Gasteiger partial charge in [0.15, 0.2) is 0 Å². The predicted molar refractivity (Wildman–Crippen MR) is 84.8 cm³/mol. The van der Waals surface area contributed by atoms with Crippen molar-refractivity contribution in [2.24, 2.45) is 0 Å². The van der Waals surface area contributed by atoms with E-state index in [9.17, 15) is 18.4 Å². The van der Waals surface area contributed by atoms with Crippen LogP contribution in [0.5, 0.6) is 0 Å². The van der Waals surface area contributed by atoms with Crippen molar-refractivity contribution in [3.63, 3.8) is 0 Å². The zero-order chi connectivity index (χ0) is 17.7. The second kappa shape index (κ2) is 7.68. The highest BCUT2D eigenvalue weighted by Crippen LogP contribution is 2.16. The Morgan fingerprint density at radius 2 is 1.75 bits per heavy atom. The Kier molecular flexibility index (Phi) is 5.63. The standard InChI is InChI=1S/C18H17F2NO3/c1-12-9-16(20)14(10-15(12)19)18(24)21(11-17(22)23)8-7-13-5-3-2-4-6-13/h2-6,9-10H,7-8,11H2,1H3,(H,22,23). The van der Waals surface area contributed by atoms with Gasteiger partial charge >= 0.3 is 5.97 Å². The molecule has 126 valence electrons. The van der Waals surface area contributed by atoms with Gasteiger partial charge in [-0.05, 0) is 36.6 Å². The fourth-order valence-corrected chi connectivity index (χ4v) is 2.30. The van der Waals surface area contributed by atoms with Gasteiger partial charge in [0, 0.05) is 6.54 Å². The van der Waals surface area contributed by atoms with Gasteiger partial charge in [0.25, 0.3) is 5.91 Å². The van der Waals surface area contributed by atoms with E-state index in [1.54, 1.807) is 0 Å². The van der Waals surface area contributed by atoms with E-state index >= 15 is 0 Å². The Morgan fingerprint density at radius 3 is 2.38 bits per heavy atom. The maximum absolute atomic E-state index is 14.0. The monoisotopic (exact) mass is 333 g/mol. The maximum Gasteiger partial charge on any atom is 0.323 e. The van der Waals surface area contributed by atoms with E-state index in [0.29, 0.717) is 6.42 Å². The first-order valence-electron chi connectivity index (χ1n) is 7.39. The number of aliphatic carboxylic acids is 1. The number of benzene rings is 2. The number of hydrogen-bond acceptors (Lipinski definition) is 2. The molecule has 0 atom stereocenters. The summed E-state index contributed by atoms with van der Waals surface area (Å²) in [5, 5.41) is 8.98. The number of nitrogens with zero attached hydrogens (tertiary/aromatic N) is 1. The van der Waals surface area contributed by atoms with Gasteiger partial charge in [0.05, 0.1) is 5.56 Å². The van der Waals surface area contributed by atoms with Crippen LogP contribution < -0.4 is 0 Å². The molecule has 0 saturated heterocycles. The number of carboxylic acid groups (broad SMARTS) is 1.